The molecule has 0 aliphatic carbocycles. The van der Waals surface area contributed by atoms with Crippen LogP contribution in [0.2, 0.25) is 0 Å². The van der Waals surface area contributed by atoms with Gasteiger partial charge in [0.1, 0.15) is 17.2 Å². The number of nitrogens with zero attached hydrogens (tertiary/aromatic N) is 5. The summed E-state index contributed by atoms with van der Waals surface area (Å²) in [6.45, 7) is 0.271. The lowest BCUT2D eigenvalue weighted by molar-refractivity contribution is -0.116. The van der Waals surface area contributed by atoms with Crippen LogP contribution in [0.15, 0.2) is 73.3 Å². The predicted octanol–water partition coefficient (Wildman–Crippen LogP) is 4.87. The maximum atomic E-state index is 13.9. The number of rotatable bonds is 6. The number of amides is 1. The summed E-state index contributed by atoms with van der Waals surface area (Å²) in [5, 5.41) is 12.2. The molecule has 0 saturated heterocycles. The molecule has 0 fully saturated rings. The van der Waals surface area contributed by atoms with Gasteiger partial charge in [-0.1, -0.05) is 12.1 Å². The topological polar surface area (TPSA) is 115 Å². The maximum Gasteiger partial charge on any atom is 0.238 e. The molecule has 0 bridgehead atoms. The van der Waals surface area contributed by atoms with Crippen molar-refractivity contribution in [2.24, 2.45) is 0 Å². The number of carbonyl (C=O) groups excluding carboxylic acids is 1. The first-order valence-electron chi connectivity index (χ1n) is 11.9. The number of hydrogen-bond acceptors (Lipinski definition) is 6. The van der Waals surface area contributed by atoms with Gasteiger partial charge in [0.15, 0.2) is 0 Å². The Morgan fingerprint density at radius 2 is 1.89 bits per heavy atom. The molecular weight excluding hydrogens is 483 g/mol. The summed E-state index contributed by atoms with van der Waals surface area (Å²) < 4.78 is 13.9. The molecule has 0 aliphatic rings. The highest BCUT2D eigenvalue weighted by molar-refractivity contribution is 6.00. The highest BCUT2D eigenvalue weighted by Crippen LogP contribution is 2.34. The monoisotopic (exact) mass is 506 g/mol. The van der Waals surface area contributed by atoms with Crippen LogP contribution >= 0.6 is 0 Å². The quantitative estimate of drug-likeness (QED) is 0.297. The normalized spacial score (nSPS) is 11.5. The first kappa shape index (κ1) is 23.4. The van der Waals surface area contributed by atoms with E-state index in [4.69, 9.17) is 0 Å². The summed E-state index contributed by atoms with van der Waals surface area (Å²) in [5.41, 5.74) is 6.60. The Morgan fingerprint density at radius 3 is 2.74 bits per heavy atom. The number of aromatic amines is 2. The van der Waals surface area contributed by atoms with Crippen LogP contribution in [0.5, 0.6) is 0 Å². The van der Waals surface area contributed by atoms with Crippen LogP contribution in [-0.4, -0.2) is 61.6 Å². The number of anilines is 1. The molecule has 0 atom stereocenters. The molecule has 188 valence electrons. The van der Waals surface area contributed by atoms with Gasteiger partial charge < -0.3 is 15.2 Å². The van der Waals surface area contributed by atoms with E-state index in [-0.39, 0.29) is 18.3 Å². The average molecular weight is 507 g/mol. The van der Waals surface area contributed by atoms with E-state index in [0.29, 0.717) is 22.7 Å². The number of likely N-dealkylation sites (N-methyl/N-ethyl adjacent to an activating group) is 1. The molecule has 38 heavy (non-hydrogen) atoms. The van der Waals surface area contributed by atoms with Gasteiger partial charge in [0, 0.05) is 28.7 Å². The van der Waals surface area contributed by atoms with E-state index in [1.165, 1.54) is 12.1 Å². The van der Waals surface area contributed by atoms with Gasteiger partial charge in [0.05, 0.1) is 41.5 Å². The molecule has 6 aromatic rings. The van der Waals surface area contributed by atoms with Crippen LogP contribution in [-0.2, 0) is 4.79 Å². The Kier molecular flexibility index (Phi) is 5.85. The Morgan fingerprint density at radius 1 is 1.00 bits per heavy atom. The molecule has 0 radical (unpaired) electrons. The molecule has 1 aromatic carbocycles. The summed E-state index contributed by atoms with van der Waals surface area (Å²) in [4.78, 5) is 30.6. The summed E-state index contributed by atoms with van der Waals surface area (Å²) in [5.74, 6) is -0.420. The summed E-state index contributed by atoms with van der Waals surface area (Å²) in [7, 11) is 3.67. The first-order valence-corrected chi connectivity index (χ1v) is 11.9. The molecule has 0 spiro atoms. The van der Waals surface area contributed by atoms with Crippen LogP contribution in [0, 0.1) is 5.82 Å². The number of carbonyl (C=O) groups is 1. The molecule has 3 N–H and O–H groups in total. The lowest BCUT2D eigenvalue weighted by Gasteiger charge is -2.10. The Balaban J connectivity index is 1.38. The molecule has 0 aliphatic heterocycles. The number of benzene rings is 1. The van der Waals surface area contributed by atoms with Crippen molar-refractivity contribution in [2.75, 3.05) is 26.0 Å². The van der Waals surface area contributed by atoms with Gasteiger partial charge in [-0.3, -0.25) is 19.9 Å². The van der Waals surface area contributed by atoms with Crippen molar-refractivity contribution in [3.63, 3.8) is 0 Å². The second-order valence-corrected chi connectivity index (χ2v) is 9.25. The van der Waals surface area contributed by atoms with Gasteiger partial charge in [-0.25, -0.2) is 9.37 Å². The van der Waals surface area contributed by atoms with Crippen molar-refractivity contribution in [3.8, 4) is 33.8 Å². The minimum atomic E-state index is -0.294. The van der Waals surface area contributed by atoms with E-state index in [1.807, 2.05) is 44.4 Å². The SMILES string of the molecule is CN(C)CC(=O)Nc1cncc(-c2cc3c(-c4cc5c(-c6cccc(F)c6)ccnc5[nH]4)n[nH]c3cn2)c1. The molecule has 0 unspecified atom stereocenters. The molecule has 1 amide bonds. The molecule has 9 nitrogen and oxygen atoms in total. The van der Waals surface area contributed by atoms with E-state index < -0.39 is 0 Å². The average Bonchev–Trinajstić information content (AvgIpc) is 3.52. The highest BCUT2D eigenvalue weighted by Gasteiger charge is 2.16. The fraction of sp³-hybridized carbons (Fsp3) is 0.107. The summed E-state index contributed by atoms with van der Waals surface area (Å²) in [6, 6.07) is 14.1. The van der Waals surface area contributed by atoms with Gasteiger partial charge >= 0.3 is 0 Å². The molecule has 5 aromatic heterocycles. The van der Waals surface area contributed by atoms with Crippen molar-refractivity contribution in [1.82, 2.24) is 35.0 Å². The number of fused-ring (bicyclic) bond motifs is 2. The van der Waals surface area contributed by atoms with Crippen molar-refractivity contribution in [3.05, 3.63) is 79.1 Å². The van der Waals surface area contributed by atoms with Gasteiger partial charge in [0.25, 0.3) is 0 Å². The van der Waals surface area contributed by atoms with Crippen LogP contribution in [0.1, 0.15) is 0 Å². The third kappa shape index (κ3) is 4.48. The van der Waals surface area contributed by atoms with Crippen molar-refractivity contribution < 1.29 is 9.18 Å². The molecule has 5 heterocycles. The fourth-order valence-electron chi connectivity index (χ4n) is 4.48. The third-order valence-corrected chi connectivity index (χ3v) is 6.15. The molecule has 6 rings (SSSR count). The second-order valence-electron chi connectivity index (χ2n) is 9.25. The number of H-pyrrole nitrogens is 2. The Labute approximate surface area is 216 Å². The standard InChI is InChI=1S/C28H23FN8O/c1-37(2)15-26(38)33-19-9-17(12-30-13-19)23-11-22-25(14-32-23)35-36-27(22)24-10-21-20(6-7-31-28(21)34-24)16-4-3-5-18(29)8-16/h3-14H,15H2,1-2H3,(H,31,34)(H,33,38)(H,35,36). The zero-order valence-corrected chi connectivity index (χ0v) is 20.7. The van der Waals surface area contributed by atoms with Crippen molar-refractivity contribution in [1.29, 1.82) is 0 Å². The second kappa shape index (κ2) is 9.49. The Hall–Kier alpha value is -4.96. The van der Waals surface area contributed by atoms with Gasteiger partial charge in [-0.15, -0.1) is 0 Å². The lowest BCUT2D eigenvalue weighted by Crippen LogP contribution is -2.27. The van der Waals surface area contributed by atoms with E-state index in [1.54, 1.807) is 35.8 Å². The highest BCUT2D eigenvalue weighted by atomic mass is 19.1. The van der Waals surface area contributed by atoms with Gasteiger partial charge in [0.2, 0.25) is 5.91 Å². The minimum Gasteiger partial charge on any atom is -0.338 e. The van der Waals surface area contributed by atoms with Gasteiger partial charge in [-0.2, -0.15) is 5.10 Å². The van der Waals surface area contributed by atoms with Crippen LogP contribution < -0.4 is 5.32 Å². The summed E-state index contributed by atoms with van der Waals surface area (Å²) in [6.07, 6.45) is 6.72. The maximum absolute atomic E-state index is 13.9. The Bertz CT molecular complexity index is 1810. The number of pyridine rings is 3. The van der Waals surface area contributed by atoms with Crippen LogP contribution in [0.3, 0.4) is 0 Å². The fourth-order valence-corrected chi connectivity index (χ4v) is 4.48. The third-order valence-electron chi connectivity index (χ3n) is 6.15. The van der Waals surface area contributed by atoms with E-state index in [9.17, 15) is 9.18 Å². The molecular formula is C28H23FN8O. The first-order chi connectivity index (χ1) is 18.4. The van der Waals surface area contributed by atoms with E-state index in [0.717, 1.165) is 38.7 Å². The predicted molar refractivity (Wildman–Crippen MR) is 145 cm³/mol. The molecule has 10 heteroatoms. The smallest absolute Gasteiger partial charge is 0.238 e. The zero-order chi connectivity index (χ0) is 26.2. The van der Waals surface area contributed by atoms with Crippen molar-refractivity contribution in [2.45, 2.75) is 0 Å². The molecule has 0 saturated carbocycles. The number of halogens is 1. The van der Waals surface area contributed by atoms with Crippen molar-refractivity contribution >= 4 is 33.5 Å². The lowest BCUT2D eigenvalue weighted by atomic mass is 10.0. The number of aromatic nitrogens is 6. The minimum absolute atomic E-state index is 0.125. The number of hydrogen-bond donors (Lipinski definition) is 3. The summed E-state index contributed by atoms with van der Waals surface area (Å²) >= 11 is 0. The largest absolute Gasteiger partial charge is 0.338 e. The van der Waals surface area contributed by atoms with E-state index in [2.05, 4.69) is 35.5 Å². The van der Waals surface area contributed by atoms with Crippen LogP contribution in [0.4, 0.5) is 10.1 Å². The van der Waals surface area contributed by atoms with Gasteiger partial charge in [-0.05, 0) is 61.6 Å². The number of nitrogens with one attached hydrogen (secondary N) is 3. The zero-order valence-electron chi connectivity index (χ0n) is 20.7. The van der Waals surface area contributed by atoms with Crippen LogP contribution in [0.25, 0.3) is 55.7 Å². The van der Waals surface area contributed by atoms with E-state index >= 15 is 0 Å².